The number of rotatable bonds is 4. The molecule has 0 aromatic carbocycles. The van der Waals surface area contributed by atoms with E-state index in [2.05, 4.69) is 10.2 Å². The Bertz CT molecular complexity index is 694. The second-order valence-corrected chi connectivity index (χ2v) is 6.69. The van der Waals surface area contributed by atoms with Gasteiger partial charge in [-0.3, -0.25) is 9.69 Å². The first-order valence-corrected chi connectivity index (χ1v) is 8.51. The van der Waals surface area contributed by atoms with E-state index < -0.39 is 0 Å². The molecule has 0 bridgehead atoms. The average Bonchev–Trinajstić information content (AvgIpc) is 3.30. The Morgan fingerprint density at radius 2 is 2.33 bits per heavy atom. The molecule has 3 atom stereocenters. The van der Waals surface area contributed by atoms with Crippen molar-refractivity contribution in [1.82, 2.24) is 14.8 Å². The maximum Gasteiger partial charge on any atom is 0.268 e. The fourth-order valence-electron chi connectivity index (χ4n) is 3.92. The molecule has 2 aromatic heterocycles. The molecule has 1 N–H and O–H groups in total. The molecule has 0 radical (unpaired) electrons. The van der Waals surface area contributed by atoms with Gasteiger partial charge in [0.2, 0.25) is 0 Å². The molecule has 2 aromatic rings. The smallest absolute Gasteiger partial charge is 0.268 e. The molecular formula is C18H23N3O3. The molecule has 1 amide bonds. The first-order valence-electron chi connectivity index (χ1n) is 8.51. The van der Waals surface area contributed by atoms with E-state index in [-0.39, 0.29) is 18.1 Å². The van der Waals surface area contributed by atoms with Gasteiger partial charge in [0.05, 0.1) is 24.7 Å². The van der Waals surface area contributed by atoms with Crippen LogP contribution < -0.4 is 5.32 Å². The number of nitrogens with one attached hydrogen (secondary N) is 1. The van der Waals surface area contributed by atoms with Crippen LogP contribution >= 0.6 is 0 Å². The second-order valence-electron chi connectivity index (χ2n) is 6.69. The van der Waals surface area contributed by atoms with Crippen molar-refractivity contribution in [2.45, 2.75) is 37.6 Å². The minimum Gasteiger partial charge on any atom is -0.472 e. The van der Waals surface area contributed by atoms with Crippen molar-refractivity contribution in [2.24, 2.45) is 7.05 Å². The molecule has 0 aliphatic carbocycles. The molecule has 0 spiro atoms. The minimum atomic E-state index is -0.0365. The molecule has 2 saturated heterocycles. The molecule has 0 unspecified atom stereocenters. The number of aromatic nitrogens is 1. The van der Waals surface area contributed by atoms with Gasteiger partial charge < -0.3 is 19.0 Å². The van der Waals surface area contributed by atoms with Gasteiger partial charge in [-0.2, -0.15) is 0 Å². The van der Waals surface area contributed by atoms with Crippen molar-refractivity contribution in [3.8, 4) is 0 Å². The topological polar surface area (TPSA) is 59.6 Å². The van der Waals surface area contributed by atoms with Crippen LogP contribution in [0.3, 0.4) is 0 Å². The van der Waals surface area contributed by atoms with Crippen molar-refractivity contribution in [2.75, 3.05) is 13.2 Å². The summed E-state index contributed by atoms with van der Waals surface area (Å²) in [6.45, 7) is 2.41. The number of aryl methyl sites for hydroxylation is 1. The van der Waals surface area contributed by atoms with Crippen LogP contribution in [0.4, 0.5) is 0 Å². The van der Waals surface area contributed by atoms with Crippen LogP contribution in [-0.2, 0) is 18.3 Å². The molecule has 4 rings (SSSR count). The van der Waals surface area contributed by atoms with Gasteiger partial charge in [-0.1, -0.05) is 0 Å². The highest BCUT2D eigenvalue weighted by Crippen LogP contribution is 2.30. The van der Waals surface area contributed by atoms with E-state index in [9.17, 15) is 4.79 Å². The van der Waals surface area contributed by atoms with Gasteiger partial charge in [0.15, 0.2) is 0 Å². The summed E-state index contributed by atoms with van der Waals surface area (Å²) < 4.78 is 13.0. The largest absolute Gasteiger partial charge is 0.472 e. The SMILES string of the molecule is Cn1cccc1C(=O)N[C@@H]1CN(Cc2ccoc2)[C@H]2CCCO[C@@H]12. The molecular weight excluding hydrogens is 306 g/mol. The number of likely N-dealkylation sites (tertiary alicyclic amines) is 1. The third kappa shape index (κ3) is 2.87. The van der Waals surface area contributed by atoms with Gasteiger partial charge in [-0.25, -0.2) is 0 Å². The molecule has 2 aliphatic rings. The highest BCUT2D eigenvalue weighted by molar-refractivity contribution is 5.93. The Morgan fingerprint density at radius 1 is 1.42 bits per heavy atom. The van der Waals surface area contributed by atoms with Crippen LogP contribution in [-0.4, -0.2) is 46.7 Å². The number of carbonyl (C=O) groups is 1. The van der Waals surface area contributed by atoms with Gasteiger partial charge >= 0.3 is 0 Å². The Hall–Kier alpha value is -2.05. The first-order chi connectivity index (χ1) is 11.7. The predicted octanol–water partition coefficient (Wildman–Crippen LogP) is 1.78. The Kier molecular flexibility index (Phi) is 4.16. The summed E-state index contributed by atoms with van der Waals surface area (Å²) in [5.41, 5.74) is 1.84. The molecule has 128 valence electrons. The van der Waals surface area contributed by atoms with E-state index in [0.29, 0.717) is 11.7 Å². The highest BCUT2D eigenvalue weighted by atomic mass is 16.5. The standard InChI is InChI=1S/C18H23N3O3/c1-20-7-2-4-16(20)18(22)19-14-11-21(10-13-6-9-23-12-13)15-5-3-8-24-17(14)15/h2,4,6-7,9,12,14-15,17H,3,5,8,10-11H2,1H3,(H,19,22)/t14-,15+,17+/m1/s1. The van der Waals surface area contributed by atoms with Crippen LogP contribution in [0.15, 0.2) is 41.3 Å². The molecule has 6 heteroatoms. The summed E-state index contributed by atoms with van der Waals surface area (Å²) in [5.74, 6) is -0.0365. The first kappa shape index (κ1) is 15.5. The lowest BCUT2D eigenvalue weighted by molar-refractivity contribution is -0.0211. The molecule has 4 heterocycles. The lowest BCUT2D eigenvalue weighted by atomic mass is 10.0. The van der Waals surface area contributed by atoms with E-state index in [1.165, 1.54) is 0 Å². The van der Waals surface area contributed by atoms with E-state index in [1.807, 2.05) is 36.0 Å². The summed E-state index contributed by atoms with van der Waals surface area (Å²) in [4.78, 5) is 15.0. The Morgan fingerprint density at radius 3 is 3.08 bits per heavy atom. The summed E-state index contributed by atoms with van der Waals surface area (Å²) in [7, 11) is 1.88. The monoisotopic (exact) mass is 329 g/mol. The lowest BCUT2D eigenvalue weighted by Gasteiger charge is -2.32. The zero-order valence-corrected chi connectivity index (χ0v) is 13.9. The summed E-state index contributed by atoms with van der Waals surface area (Å²) in [5, 5.41) is 3.18. The zero-order valence-electron chi connectivity index (χ0n) is 13.9. The molecule has 2 fully saturated rings. The quantitative estimate of drug-likeness (QED) is 0.929. The normalized spacial score (nSPS) is 27.1. The van der Waals surface area contributed by atoms with E-state index in [4.69, 9.17) is 9.15 Å². The average molecular weight is 329 g/mol. The number of ether oxygens (including phenoxy) is 1. The third-order valence-corrected chi connectivity index (χ3v) is 5.09. The van der Waals surface area contributed by atoms with Gasteiger partial charge in [-0.15, -0.1) is 0 Å². The van der Waals surface area contributed by atoms with E-state index in [0.717, 1.165) is 38.1 Å². The second kappa shape index (κ2) is 6.45. The number of fused-ring (bicyclic) bond motifs is 1. The van der Waals surface area contributed by atoms with Gasteiger partial charge in [0, 0.05) is 44.5 Å². The number of hydrogen-bond donors (Lipinski definition) is 1. The number of hydrogen-bond acceptors (Lipinski definition) is 4. The van der Waals surface area contributed by atoms with Gasteiger partial charge in [0.1, 0.15) is 5.69 Å². The van der Waals surface area contributed by atoms with Crippen molar-refractivity contribution >= 4 is 5.91 Å². The van der Waals surface area contributed by atoms with Crippen LogP contribution in [0, 0.1) is 0 Å². The fourth-order valence-corrected chi connectivity index (χ4v) is 3.92. The van der Waals surface area contributed by atoms with Crippen molar-refractivity contribution in [1.29, 1.82) is 0 Å². The number of nitrogens with zero attached hydrogens (tertiary/aromatic N) is 2. The number of furan rings is 1. The maximum atomic E-state index is 12.6. The molecule has 2 aliphatic heterocycles. The Labute approximate surface area is 141 Å². The van der Waals surface area contributed by atoms with Crippen LogP contribution in [0.25, 0.3) is 0 Å². The zero-order chi connectivity index (χ0) is 16.5. The van der Waals surface area contributed by atoms with Crippen LogP contribution in [0.1, 0.15) is 28.9 Å². The van der Waals surface area contributed by atoms with Gasteiger partial charge in [-0.05, 0) is 31.0 Å². The summed E-state index contributed by atoms with van der Waals surface area (Å²) >= 11 is 0. The highest BCUT2D eigenvalue weighted by Gasteiger charge is 2.44. The van der Waals surface area contributed by atoms with Crippen molar-refractivity contribution in [3.63, 3.8) is 0 Å². The maximum absolute atomic E-state index is 12.6. The Balaban J connectivity index is 1.48. The molecule has 6 nitrogen and oxygen atoms in total. The third-order valence-electron chi connectivity index (χ3n) is 5.09. The van der Waals surface area contributed by atoms with Crippen molar-refractivity contribution < 1.29 is 13.9 Å². The minimum absolute atomic E-state index is 0.0181. The number of carbonyl (C=O) groups excluding carboxylic acids is 1. The fraction of sp³-hybridized carbons (Fsp3) is 0.500. The van der Waals surface area contributed by atoms with E-state index >= 15 is 0 Å². The van der Waals surface area contributed by atoms with Gasteiger partial charge in [0.25, 0.3) is 5.91 Å². The van der Waals surface area contributed by atoms with E-state index in [1.54, 1.807) is 12.5 Å². The predicted molar refractivity (Wildman–Crippen MR) is 88.5 cm³/mol. The van der Waals surface area contributed by atoms with Crippen LogP contribution in [0.5, 0.6) is 0 Å². The molecule has 0 saturated carbocycles. The molecule has 24 heavy (non-hydrogen) atoms. The summed E-state index contributed by atoms with van der Waals surface area (Å²) in [6, 6.07) is 6.09. The van der Waals surface area contributed by atoms with Crippen molar-refractivity contribution in [3.05, 3.63) is 48.2 Å². The lowest BCUT2D eigenvalue weighted by Crippen LogP contribution is -2.47. The summed E-state index contributed by atoms with van der Waals surface area (Å²) in [6.07, 6.45) is 7.62. The van der Waals surface area contributed by atoms with Crippen LogP contribution in [0.2, 0.25) is 0 Å². The number of amides is 1.